The Hall–Kier alpha value is -2.53. The lowest BCUT2D eigenvalue weighted by Crippen LogP contribution is -2.42. The molecule has 0 bridgehead atoms. The predicted molar refractivity (Wildman–Crippen MR) is 97.0 cm³/mol. The van der Waals surface area contributed by atoms with Gasteiger partial charge in [0.2, 0.25) is 5.91 Å². The number of methoxy groups -OCH3 is 2. The number of hydrogen-bond acceptors (Lipinski definition) is 4. The molecule has 2 aromatic rings. The Labute approximate surface area is 148 Å². The van der Waals surface area contributed by atoms with Crippen molar-refractivity contribution in [3.63, 3.8) is 0 Å². The highest BCUT2D eigenvalue weighted by molar-refractivity contribution is 5.78. The standard InChI is InChI=1S/C20H25NO4/c1-20(23,13-15-7-9-17(24-2)10-8-15)14-21-19(22)12-16-5-4-6-18(11-16)25-3/h4-11,23H,12-14H2,1-3H3,(H,21,22). The molecule has 0 aromatic heterocycles. The molecule has 0 spiro atoms. The van der Waals surface area contributed by atoms with Gasteiger partial charge >= 0.3 is 0 Å². The summed E-state index contributed by atoms with van der Waals surface area (Å²) >= 11 is 0. The van der Waals surface area contributed by atoms with Crippen molar-refractivity contribution in [3.05, 3.63) is 59.7 Å². The molecule has 5 heteroatoms. The van der Waals surface area contributed by atoms with Crippen LogP contribution in [0.3, 0.4) is 0 Å². The monoisotopic (exact) mass is 343 g/mol. The molecular weight excluding hydrogens is 318 g/mol. The molecule has 1 amide bonds. The second-order valence-electron chi connectivity index (χ2n) is 6.33. The fourth-order valence-electron chi connectivity index (χ4n) is 2.56. The lowest BCUT2D eigenvalue weighted by Gasteiger charge is -2.24. The molecule has 134 valence electrons. The molecule has 0 aliphatic rings. The number of carbonyl (C=O) groups is 1. The zero-order valence-corrected chi connectivity index (χ0v) is 14.9. The van der Waals surface area contributed by atoms with Crippen LogP contribution in [0.5, 0.6) is 11.5 Å². The Morgan fingerprint density at radius 3 is 2.36 bits per heavy atom. The van der Waals surface area contributed by atoms with Gasteiger partial charge in [0.1, 0.15) is 11.5 Å². The summed E-state index contributed by atoms with van der Waals surface area (Å²) in [5.74, 6) is 1.36. The third kappa shape index (κ3) is 6.12. The average molecular weight is 343 g/mol. The fraction of sp³-hybridized carbons (Fsp3) is 0.350. The molecule has 1 unspecified atom stereocenters. The van der Waals surface area contributed by atoms with E-state index in [0.29, 0.717) is 6.42 Å². The van der Waals surface area contributed by atoms with E-state index in [1.54, 1.807) is 21.1 Å². The largest absolute Gasteiger partial charge is 0.497 e. The Kier molecular flexibility index (Phi) is 6.42. The van der Waals surface area contributed by atoms with Crippen molar-refractivity contribution >= 4 is 5.91 Å². The summed E-state index contributed by atoms with van der Waals surface area (Å²) in [6, 6.07) is 14.9. The van der Waals surface area contributed by atoms with E-state index in [2.05, 4.69) is 5.32 Å². The van der Waals surface area contributed by atoms with Gasteiger partial charge < -0.3 is 19.9 Å². The Balaban J connectivity index is 1.86. The minimum atomic E-state index is -1.03. The number of benzene rings is 2. The van der Waals surface area contributed by atoms with Crippen LogP contribution in [0.4, 0.5) is 0 Å². The number of carbonyl (C=O) groups excluding carboxylic acids is 1. The van der Waals surface area contributed by atoms with Crippen LogP contribution < -0.4 is 14.8 Å². The molecule has 2 N–H and O–H groups in total. The second-order valence-corrected chi connectivity index (χ2v) is 6.33. The van der Waals surface area contributed by atoms with Gasteiger partial charge in [0, 0.05) is 13.0 Å². The van der Waals surface area contributed by atoms with Crippen LogP contribution in [0.25, 0.3) is 0 Å². The summed E-state index contributed by atoms with van der Waals surface area (Å²) in [6.45, 7) is 1.89. The van der Waals surface area contributed by atoms with Crippen LogP contribution in [0.15, 0.2) is 48.5 Å². The van der Waals surface area contributed by atoms with Crippen LogP contribution >= 0.6 is 0 Å². The highest BCUT2D eigenvalue weighted by Gasteiger charge is 2.22. The van der Waals surface area contributed by atoms with Crippen molar-refractivity contribution in [3.8, 4) is 11.5 Å². The first kappa shape index (κ1) is 18.8. The molecule has 0 saturated heterocycles. The van der Waals surface area contributed by atoms with E-state index in [1.807, 2.05) is 48.5 Å². The SMILES string of the molecule is COc1ccc(CC(C)(O)CNC(=O)Cc2cccc(OC)c2)cc1. The molecule has 0 radical (unpaired) electrons. The second kappa shape index (κ2) is 8.53. The smallest absolute Gasteiger partial charge is 0.224 e. The maximum atomic E-state index is 12.1. The van der Waals surface area contributed by atoms with Crippen molar-refractivity contribution in [2.75, 3.05) is 20.8 Å². The van der Waals surface area contributed by atoms with Gasteiger partial charge in [-0.2, -0.15) is 0 Å². The third-order valence-electron chi connectivity index (χ3n) is 3.91. The molecule has 2 aromatic carbocycles. The molecule has 0 heterocycles. The molecule has 5 nitrogen and oxygen atoms in total. The van der Waals surface area contributed by atoms with Gasteiger partial charge in [-0.3, -0.25) is 4.79 Å². The first-order chi connectivity index (χ1) is 11.9. The van der Waals surface area contributed by atoms with Crippen molar-refractivity contribution < 1.29 is 19.4 Å². The van der Waals surface area contributed by atoms with Gasteiger partial charge in [-0.1, -0.05) is 24.3 Å². The first-order valence-corrected chi connectivity index (χ1v) is 8.17. The molecule has 0 saturated carbocycles. The molecule has 25 heavy (non-hydrogen) atoms. The van der Waals surface area contributed by atoms with Gasteiger partial charge in [0.25, 0.3) is 0 Å². The molecule has 0 aliphatic heterocycles. The van der Waals surface area contributed by atoms with Gasteiger partial charge in [-0.05, 0) is 42.3 Å². The molecule has 2 rings (SSSR count). The number of hydrogen-bond donors (Lipinski definition) is 2. The van der Waals surface area contributed by atoms with E-state index >= 15 is 0 Å². The summed E-state index contributed by atoms with van der Waals surface area (Å²) in [6.07, 6.45) is 0.687. The molecule has 0 aliphatic carbocycles. The van der Waals surface area contributed by atoms with Gasteiger partial charge in [0.15, 0.2) is 0 Å². The average Bonchev–Trinajstić information content (AvgIpc) is 2.60. The maximum Gasteiger partial charge on any atom is 0.224 e. The quantitative estimate of drug-likeness (QED) is 0.772. The Morgan fingerprint density at radius 1 is 1.04 bits per heavy atom. The molecule has 1 atom stereocenters. The van der Waals surface area contributed by atoms with Gasteiger partial charge in [-0.25, -0.2) is 0 Å². The topological polar surface area (TPSA) is 67.8 Å². The van der Waals surface area contributed by atoms with E-state index in [0.717, 1.165) is 22.6 Å². The van der Waals surface area contributed by atoms with Crippen LogP contribution in [-0.2, 0) is 17.6 Å². The predicted octanol–water partition coefficient (Wildman–Crippen LogP) is 2.36. The summed E-state index contributed by atoms with van der Waals surface area (Å²) < 4.78 is 10.3. The Morgan fingerprint density at radius 2 is 1.72 bits per heavy atom. The number of nitrogens with one attached hydrogen (secondary N) is 1. The van der Waals surface area contributed by atoms with Crippen LogP contribution in [0.1, 0.15) is 18.1 Å². The van der Waals surface area contributed by atoms with Gasteiger partial charge in [-0.15, -0.1) is 0 Å². The number of aliphatic hydroxyl groups is 1. The highest BCUT2D eigenvalue weighted by Crippen LogP contribution is 2.17. The van der Waals surface area contributed by atoms with E-state index in [1.165, 1.54) is 0 Å². The van der Waals surface area contributed by atoms with Crippen molar-refractivity contribution in [1.82, 2.24) is 5.32 Å². The third-order valence-corrected chi connectivity index (χ3v) is 3.91. The fourth-order valence-corrected chi connectivity index (χ4v) is 2.56. The summed E-state index contributed by atoms with van der Waals surface area (Å²) in [5.41, 5.74) is 0.818. The van der Waals surface area contributed by atoms with Gasteiger partial charge in [0.05, 0.1) is 26.2 Å². The first-order valence-electron chi connectivity index (χ1n) is 8.17. The molecule has 0 fully saturated rings. The zero-order chi connectivity index (χ0) is 18.3. The van der Waals surface area contributed by atoms with E-state index in [4.69, 9.17) is 9.47 Å². The minimum absolute atomic E-state index is 0.136. The highest BCUT2D eigenvalue weighted by atomic mass is 16.5. The number of ether oxygens (including phenoxy) is 2. The van der Waals surface area contributed by atoms with E-state index in [-0.39, 0.29) is 18.9 Å². The summed E-state index contributed by atoms with van der Waals surface area (Å²) in [5, 5.41) is 13.3. The number of amides is 1. The lowest BCUT2D eigenvalue weighted by molar-refractivity contribution is -0.121. The summed E-state index contributed by atoms with van der Waals surface area (Å²) in [7, 11) is 3.21. The van der Waals surface area contributed by atoms with Crippen LogP contribution in [0, 0.1) is 0 Å². The van der Waals surface area contributed by atoms with E-state index < -0.39 is 5.60 Å². The van der Waals surface area contributed by atoms with Crippen molar-refractivity contribution in [2.24, 2.45) is 0 Å². The molecular formula is C20H25NO4. The maximum absolute atomic E-state index is 12.1. The zero-order valence-electron chi connectivity index (χ0n) is 14.9. The van der Waals surface area contributed by atoms with Crippen LogP contribution in [0.2, 0.25) is 0 Å². The van der Waals surface area contributed by atoms with Crippen molar-refractivity contribution in [2.45, 2.75) is 25.4 Å². The normalized spacial score (nSPS) is 13.0. The Bertz CT molecular complexity index is 695. The van der Waals surface area contributed by atoms with Crippen LogP contribution in [-0.4, -0.2) is 37.4 Å². The lowest BCUT2D eigenvalue weighted by atomic mass is 9.96. The number of rotatable bonds is 8. The van der Waals surface area contributed by atoms with E-state index in [9.17, 15) is 9.90 Å². The summed E-state index contributed by atoms with van der Waals surface area (Å²) in [4.78, 5) is 12.1. The van der Waals surface area contributed by atoms with Crippen molar-refractivity contribution in [1.29, 1.82) is 0 Å². The minimum Gasteiger partial charge on any atom is -0.497 e.